The first kappa shape index (κ1) is 17.6. The summed E-state index contributed by atoms with van der Waals surface area (Å²) in [6.45, 7) is 9.84. The first-order chi connectivity index (χ1) is 8.80. The van der Waals surface area contributed by atoms with E-state index < -0.39 is 5.60 Å². The normalized spacial score (nSPS) is 12.2. The molecule has 0 atom stereocenters. The standard InChI is InChI=1S/C14H25NO4/c1-6-8-11(13(17)18-7-2)9-15-10-12(16)19-14(3,4)5/h8,15H,6-7,9-10H2,1-5H3/b11-8+. The molecule has 0 rings (SSSR count). The molecule has 0 amide bonds. The van der Waals surface area contributed by atoms with Crippen molar-refractivity contribution in [3.05, 3.63) is 11.6 Å². The molecule has 0 spiro atoms. The summed E-state index contributed by atoms with van der Waals surface area (Å²) in [4.78, 5) is 23.1. The van der Waals surface area contributed by atoms with E-state index in [1.165, 1.54) is 0 Å². The lowest BCUT2D eigenvalue weighted by Crippen LogP contribution is -2.33. The smallest absolute Gasteiger partial charge is 0.334 e. The first-order valence-electron chi connectivity index (χ1n) is 6.58. The van der Waals surface area contributed by atoms with Gasteiger partial charge in [-0.05, 0) is 34.1 Å². The Kier molecular flexibility index (Phi) is 8.07. The summed E-state index contributed by atoms with van der Waals surface area (Å²) >= 11 is 0. The van der Waals surface area contributed by atoms with Crippen LogP contribution in [-0.4, -0.2) is 37.2 Å². The van der Waals surface area contributed by atoms with Gasteiger partial charge in [-0.1, -0.05) is 13.0 Å². The van der Waals surface area contributed by atoms with Gasteiger partial charge in [0, 0.05) is 12.1 Å². The van der Waals surface area contributed by atoms with E-state index in [9.17, 15) is 9.59 Å². The Bertz CT molecular complexity index is 329. The van der Waals surface area contributed by atoms with Crippen LogP contribution in [0.1, 0.15) is 41.0 Å². The molecule has 0 bridgehead atoms. The molecule has 0 aromatic carbocycles. The minimum absolute atomic E-state index is 0.0672. The molecule has 0 aromatic rings. The number of carbonyl (C=O) groups excluding carboxylic acids is 2. The van der Waals surface area contributed by atoms with Crippen molar-refractivity contribution in [2.45, 2.75) is 46.6 Å². The molecule has 0 aliphatic heterocycles. The second kappa shape index (κ2) is 8.69. The van der Waals surface area contributed by atoms with Gasteiger partial charge in [-0.25, -0.2) is 4.79 Å². The molecule has 0 saturated carbocycles. The van der Waals surface area contributed by atoms with Gasteiger partial charge >= 0.3 is 11.9 Å². The molecule has 5 nitrogen and oxygen atoms in total. The highest BCUT2D eigenvalue weighted by atomic mass is 16.6. The molecular weight excluding hydrogens is 246 g/mol. The zero-order valence-corrected chi connectivity index (χ0v) is 12.5. The van der Waals surface area contributed by atoms with Crippen LogP contribution in [0, 0.1) is 0 Å². The van der Waals surface area contributed by atoms with Gasteiger partial charge in [0.1, 0.15) is 5.60 Å². The van der Waals surface area contributed by atoms with Crippen molar-refractivity contribution in [1.29, 1.82) is 0 Å². The van der Waals surface area contributed by atoms with Gasteiger partial charge in [-0.2, -0.15) is 0 Å². The zero-order valence-electron chi connectivity index (χ0n) is 12.5. The van der Waals surface area contributed by atoms with Crippen molar-refractivity contribution in [3.63, 3.8) is 0 Å². The third-order valence-corrected chi connectivity index (χ3v) is 1.99. The maximum absolute atomic E-state index is 11.6. The number of allylic oxidation sites excluding steroid dienone is 1. The molecule has 0 heterocycles. The van der Waals surface area contributed by atoms with E-state index in [1.54, 1.807) is 13.0 Å². The van der Waals surface area contributed by atoms with Crippen LogP contribution in [0.25, 0.3) is 0 Å². The number of hydrogen-bond donors (Lipinski definition) is 1. The number of hydrogen-bond acceptors (Lipinski definition) is 5. The van der Waals surface area contributed by atoms with Gasteiger partial charge in [0.15, 0.2) is 0 Å². The number of rotatable bonds is 7. The van der Waals surface area contributed by atoms with Gasteiger partial charge in [0.25, 0.3) is 0 Å². The fourth-order valence-electron chi connectivity index (χ4n) is 1.37. The number of esters is 2. The summed E-state index contributed by atoms with van der Waals surface area (Å²) in [5.74, 6) is -0.687. The molecule has 0 aromatic heterocycles. The Labute approximate surface area is 115 Å². The van der Waals surface area contributed by atoms with Crippen molar-refractivity contribution in [2.75, 3.05) is 19.7 Å². The van der Waals surface area contributed by atoms with E-state index in [0.717, 1.165) is 6.42 Å². The third kappa shape index (κ3) is 9.25. The zero-order chi connectivity index (χ0) is 14.9. The lowest BCUT2D eigenvalue weighted by molar-refractivity contribution is -0.153. The Balaban J connectivity index is 4.18. The van der Waals surface area contributed by atoms with Gasteiger partial charge in [-0.3, -0.25) is 4.79 Å². The number of carbonyl (C=O) groups is 2. The van der Waals surface area contributed by atoms with Gasteiger partial charge in [-0.15, -0.1) is 0 Å². The number of nitrogens with one attached hydrogen (secondary N) is 1. The SMILES string of the molecule is CC/C=C(\CNCC(=O)OC(C)(C)C)C(=O)OCC. The van der Waals surface area contributed by atoms with Crippen molar-refractivity contribution < 1.29 is 19.1 Å². The summed E-state index contributed by atoms with van der Waals surface area (Å²) in [5.41, 5.74) is 0.0371. The molecule has 0 fully saturated rings. The Hall–Kier alpha value is -1.36. The molecule has 5 heteroatoms. The first-order valence-corrected chi connectivity index (χ1v) is 6.58. The van der Waals surface area contributed by atoms with Crippen molar-refractivity contribution in [1.82, 2.24) is 5.32 Å². The van der Waals surface area contributed by atoms with Crippen LogP contribution < -0.4 is 5.32 Å². The second-order valence-corrected chi connectivity index (χ2v) is 5.05. The van der Waals surface area contributed by atoms with Crippen LogP contribution in [0.3, 0.4) is 0 Å². The maximum Gasteiger partial charge on any atom is 0.334 e. The molecule has 0 aliphatic rings. The van der Waals surface area contributed by atoms with E-state index in [2.05, 4.69) is 5.32 Å². The largest absolute Gasteiger partial charge is 0.463 e. The summed E-state index contributed by atoms with van der Waals surface area (Å²) in [7, 11) is 0. The molecular formula is C14H25NO4. The Morgan fingerprint density at radius 1 is 1.16 bits per heavy atom. The van der Waals surface area contributed by atoms with Crippen molar-refractivity contribution >= 4 is 11.9 Å². The lowest BCUT2D eigenvalue weighted by Gasteiger charge is -2.19. The predicted molar refractivity (Wildman–Crippen MR) is 73.7 cm³/mol. The average Bonchev–Trinajstić information content (AvgIpc) is 2.25. The average molecular weight is 271 g/mol. The van der Waals surface area contributed by atoms with Gasteiger partial charge in [0.05, 0.1) is 13.2 Å². The quantitative estimate of drug-likeness (QED) is 0.565. The van der Waals surface area contributed by atoms with Crippen molar-refractivity contribution in [3.8, 4) is 0 Å². The lowest BCUT2D eigenvalue weighted by atomic mass is 10.2. The third-order valence-electron chi connectivity index (χ3n) is 1.99. The molecule has 0 saturated heterocycles. The molecule has 1 N–H and O–H groups in total. The fourth-order valence-corrected chi connectivity index (χ4v) is 1.37. The van der Waals surface area contributed by atoms with Gasteiger partial charge in [0.2, 0.25) is 0 Å². The molecule has 19 heavy (non-hydrogen) atoms. The van der Waals surface area contributed by atoms with E-state index in [4.69, 9.17) is 9.47 Å². The molecule has 110 valence electrons. The Morgan fingerprint density at radius 2 is 1.79 bits per heavy atom. The minimum Gasteiger partial charge on any atom is -0.463 e. The van der Waals surface area contributed by atoms with Crippen LogP contribution in [0.15, 0.2) is 11.6 Å². The van der Waals surface area contributed by atoms with Crippen LogP contribution in [0.2, 0.25) is 0 Å². The predicted octanol–water partition coefficient (Wildman–Crippen LogP) is 1.82. The number of ether oxygens (including phenoxy) is 2. The van der Waals surface area contributed by atoms with Crippen LogP contribution in [0.4, 0.5) is 0 Å². The fraction of sp³-hybridized carbons (Fsp3) is 0.714. The highest BCUT2D eigenvalue weighted by Gasteiger charge is 2.16. The maximum atomic E-state index is 11.6. The molecule has 0 unspecified atom stereocenters. The van der Waals surface area contributed by atoms with E-state index in [0.29, 0.717) is 18.7 Å². The van der Waals surface area contributed by atoms with Crippen LogP contribution in [0.5, 0.6) is 0 Å². The second-order valence-electron chi connectivity index (χ2n) is 5.05. The summed E-state index contributed by atoms with van der Waals surface area (Å²) in [6, 6.07) is 0. The minimum atomic E-state index is -0.498. The van der Waals surface area contributed by atoms with Crippen LogP contribution >= 0.6 is 0 Å². The highest BCUT2D eigenvalue weighted by molar-refractivity contribution is 5.89. The van der Waals surface area contributed by atoms with E-state index in [1.807, 2.05) is 27.7 Å². The van der Waals surface area contributed by atoms with Gasteiger partial charge < -0.3 is 14.8 Å². The summed E-state index contributed by atoms with van der Waals surface area (Å²) in [6.07, 6.45) is 2.53. The summed E-state index contributed by atoms with van der Waals surface area (Å²) in [5, 5.41) is 2.89. The monoisotopic (exact) mass is 271 g/mol. The van der Waals surface area contributed by atoms with Crippen molar-refractivity contribution in [2.24, 2.45) is 0 Å². The van der Waals surface area contributed by atoms with E-state index in [-0.39, 0.29) is 18.5 Å². The van der Waals surface area contributed by atoms with E-state index >= 15 is 0 Å². The highest BCUT2D eigenvalue weighted by Crippen LogP contribution is 2.06. The Morgan fingerprint density at radius 3 is 2.26 bits per heavy atom. The molecule has 0 radical (unpaired) electrons. The van der Waals surface area contributed by atoms with Crippen LogP contribution in [-0.2, 0) is 19.1 Å². The topological polar surface area (TPSA) is 64.6 Å². The molecule has 0 aliphatic carbocycles. The summed E-state index contributed by atoms with van der Waals surface area (Å²) < 4.78 is 10.1.